The zero-order valence-corrected chi connectivity index (χ0v) is 18.3. The fourth-order valence-corrected chi connectivity index (χ4v) is 5.02. The molecule has 6 nitrogen and oxygen atoms in total. The second kappa shape index (κ2) is 9.31. The Bertz CT molecular complexity index is 959. The van der Waals surface area contributed by atoms with Gasteiger partial charge in [-0.2, -0.15) is 13.2 Å². The Labute approximate surface area is 185 Å². The van der Waals surface area contributed by atoms with Gasteiger partial charge < -0.3 is 24.1 Å². The quantitative estimate of drug-likeness (QED) is 0.698. The number of carbonyl (C=O) groups is 1. The van der Waals surface area contributed by atoms with Gasteiger partial charge in [0, 0.05) is 45.2 Å². The van der Waals surface area contributed by atoms with E-state index >= 15 is 0 Å². The van der Waals surface area contributed by atoms with E-state index in [9.17, 15) is 18.0 Å². The predicted molar refractivity (Wildman–Crippen MR) is 114 cm³/mol. The minimum atomic E-state index is -4.47. The molecule has 2 aliphatic rings. The molecule has 0 saturated heterocycles. The average Bonchev–Trinajstić information content (AvgIpc) is 3.07. The number of hydrogen-bond donors (Lipinski definition) is 1. The number of hydrogen-bond acceptors (Lipinski definition) is 5. The number of benzene rings is 1. The van der Waals surface area contributed by atoms with Crippen molar-refractivity contribution in [2.45, 2.75) is 38.0 Å². The van der Waals surface area contributed by atoms with Crippen molar-refractivity contribution in [2.75, 3.05) is 45.4 Å². The Hall–Kier alpha value is -2.26. The lowest BCUT2D eigenvalue weighted by Crippen LogP contribution is -2.36. The summed E-state index contributed by atoms with van der Waals surface area (Å²) < 4.78 is 56.6. The van der Waals surface area contributed by atoms with Gasteiger partial charge in [0.2, 0.25) is 5.76 Å². The topological polar surface area (TPSA) is 63.9 Å². The number of furan rings is 1. The zero-order valence-electron chi connectivity index (χ0n) is 18.3. The van der Waals surface area contributed by atoms with Crippen LogP contribution in [-0.4, -0.2) is 52.5 Å². The SMILES string of the molecule is COCC1CCC(CCN2CCNC(=O)c3oc4ccc(C(F)(F)F)cc4c32)CC1OC. The van der Waals surface area contributed by atoms with Gasteiger partial charge in [0.05, 0.1) is 24.0 Å². The largest absolute Gasteiger partial charge is 0.449 e. The first-order valence-electron chi connectivity index (χ1n) is 11.0. The third kappa shape index (κ3) is 4.59. The molecule has 1 saturated carbocycles. The van der Waals surface area contributed by atoms with Gasteiger partial charge in [0.1, 0.15) is 5.58 Å². The average molecular weight is 454 g/mol. The maximum absolute atomic E-state index is 13.3. The Morgan fingerprint density at radius 2 is 2.06 bits per heavy atom. The van der Waals surface area contributed by atoms with E-state index in [2.05, 4.69) is 5.32 Å². The normalized spacial score (nSPS) is 24.3. The molecule has 1 aliphatic heterocycles. The zero-order chi connectivity index (χ0) is 22.9. The van der Waals surface area contributed by atoms with Gasteiger partial charge in [-0.1, -0.05) is 0 Å². The number of nitrogens with one attached hydrogen (secondary N) is 1. The maximum Gasteiger partial charge on any atom is 0.416 e. The van der Waals surface area contributed by atoms with Crippen LogP contribution in [0.1, 0.15) is 41.8 Å². The summed E-state index contributed by atoms with van der Waals surface area (Å²) >= 11 is 0. The third-order valence-electron chi connectivity index (χ3n) is 6.71. The molecule has 0 bridgehead atoms. The monoisotopic (exact) mass is 454 g/mol. The summed E-state index contributed by atoms with van der Waals surface area (Å²) in [6.07, 6.45) is -0.472. The highest BCUT2D eigenvalue weighted by Crippen LogP contribution is 2.40. The highest BCUT2D eigenvalue weighted by Gasteiger charge is 2.35. The van der Waals surface area contributed by atoms with E-state index in [1.165, 1.54) is 6.07 Å². The smallest absolute Gasteiger partial charge is 0.416 e. The molecule has 1 N–H and O–H groups in total. The van der Waals surface area contributed by atoms with Crippen molar-refractivity contribution < 1.29 is 31.9 Å². The van der Waals surface area contributed by atoms with Crippen molar-refractivity contribution in [2.24, 2.45) is 11.8 Å². The van der Waals surface area contributed by atoms with Gasteiger partial charge in [-0.15, -0.1) is 0 Å². The molecule has 1 aliphatic carbocycles. The Kier molecular flexibility index (Phi) is 6.67. The van der Waals surface area contributed by atoms with E-state index in [0.29, 0.717) is 49.2 Å². The molecule has 1 aromatic heterocycles. The van der Waals surface area contributed by atoms with Crippen LogP contribution in [0.25, 0.3) is 11.0 Å². The minimum Gasteiger partial charge on any atom is -0.449 e. The number of halogens is 3. The minimum absolute atomic E-state index is 0.0791. The number of alkyl halides is 3. The molecule has 176 valence electrons. The predicted octanol–water partition coefficient (Wildman–Crippen LogP) is 4.47. The van der Waals surface area contributed by atoms with Crippen LogP contribution in [0.2, 0.25) is 0 Å². The van der Waals surface area contributed by atoms with Crippen molar-refractivity contribution in [3.8, 4) is 0 Å². The summed E-state index contributed by atoms with van der Waals surface area (Å²) in [5.74, 6) is 0.501. The van der Waals surface area contributed by atoms with Gasteiger partial charge in [0.15, 0.2) is 0 Å². The van der Waals surface area contributed by atoms with E-state index in [1.807, 2.05) is 4.90 Å². The number of methoxy groups -OCH3 is 2. The molecular weight excluding hydrogens is 425 g/mol. The molecule has 1 aromatic carbocycles. The molecule has 2 aromatic rings. The lowest BCUT2D eigenvalue weighted by Gasteiger charge is -2.36. The van der Waals surface area contributed by atoms with Crippen molar-refractivity contribution in [1.29, 1.82) is 0 Å². The second-order valence-corrected chi connectivity index (χ2v) is 8.69. The van der Waals surface area contributed by atoms with Gasteiger partial charge in [-0.3, -0.25) is 4.79 Å². The summed E-state index contributed by atoms with van der Waals surface area (Å²) in [5, 5.41) is 3.10. The number of nitrogens with zero attached hydrogens (tertiary/aromatic N) is 1. The number of rotatable bonds is 6. The molecular formula is C23H29F3N2O4. The van der Waals surface area contributed by atoms with Crippen molar-refractivity contribution in [3.63, 3.8) is 0 Å². The van der Waals surface area contributed by atoms with E-state index in [0.717, 1.165) is 37.8 Å². The molecule has 3 unspecified atom stereocenters. The lowest BCUT2D eigenvalue weighted by molar-refractivity contribution is -0.137. The number of amides is 1. The van der Waals surface area contributed by atoms with Gasteiger partial charge in [0.25, 0.3) is 5.91 Å². The summed E-state index contributed by atoms with van der Waals surface area (Å²) in [6, 6.07) is 3.36. The highest BCUT2D eigenvalue weighted by molar-refractivity contribution is 6.07. The van der Waals surface area contributed by atoms with Gasteiger partial charge >= 0.3 is 6.18 Å². The summed E-state index contributed by atoms with van der Waals surface area (Å²) in [5.41, 5.74) is -0.0142. The number of fused-ring (bicyclic) bond motifs is 3. The molecule has 0 radical (unpaired) electrons. The van der Waals surface area contributed by atoms with E-state index in [4.69, 9.17) is 13.9 Å². The summed E-state index contributed by atoms with van der Waals surface area (Å²) in [4.78, 5) is 14.5. The fourth-order valence-electron chi connectivity index (χ4n) is 5.02. The van der Waals surface area contributed by atoms with Crippen LogP contribution in [0, 0.1) is 11.8 Å². The van der Waals surface area contributed by atoms with Crippen LogP contribution in [0.4, 0.5) is 18.9 Å². The summed E-state index contributed by atoms with van der Waals surface area (Å²) in [6.45, 7) is 2.22. The molecule has 1 fully saturated rings. The maximum atomic E-state index is 13.3. The Morgan fingerprint density at radius 1 is 1.25 bits per heavy atom. The van der Waals surface area contributed by atoms with Gasteiger partial charge in [-0.25, -0.2) is 0 Å². The number of carbonyl (C=O) groups excluding carboxylic acids is 1. The van der Waals surface area contributed by atoms with Crippen LogP contribution in [0.5, 0.6) is 0 Å². The number of ether oxygens (including phenoxy) is 2. The lowest BCUT2D eigenvalue weighted by atomic mass is 9.78. The fraction of sp³-hybridized carbons (Fsp3) is 0.609. The van der Waals surface area contributed by atoms with E-state index in [-0.39, 0.29) is 17.4 Å². The third-order valence-corrected chi connectivity index (χ3v) is 6.71. The molecule has 3 atom stereocenters. The molecule has 32 heavy (non-hydrogen) atoms. The van der Waals surface area contributed by atoms with Crippen LogP contribution >= 0.6 is 0 Å². The molecule has 0 spiro atoms. The van der Waals surface area contributed by atoms with Crippen molar-refractivity contribution in [3.05, 3.63) is 29.5 Å². The first-order chi connectivity index (χ1) is 15.3. The van der Waals surface area contributed by atoms with Crippen LogP contribution in [-0.2, 0) is 15.7 Å². The Morgan fingerprint density at radius 3 is 2.78 bits per heavy atom. The van der Waals surface area contributed by atoms with Crippen LogP contribution in [0.3, 0.4) is 0 Å². The van der Waals surface area contributed by atoms with Crippen molar-refractivity contribution in [1.82, 2.24) is 5.32 Å². The van der Waals surface area contributed by atoms with Crippen LogP contribution in [0.15, 0.2) is 22.6 Å². The van der Waals surface area contributed by atoms with E-state index in [1.54, 1.807) is 14.2 Å². The van der Waals surface area contributed by atoms with Gasteiger partial charge in [-0.05, 0) is 49.8 Å². The molecule has 9 heteroatoms. The standard InChI is InChI=1S/C23H29F3N2O4/c1-30-13-15-4-3-14(11-19(15)31-2)7-9-28-10-8-27-22(29)21-20(28)17-12-16(23(24,25)26)5-6-18(17)32-21/h5-6,12,14-15,19H,3-4,7-11,13H2,1-2H3,(H,27,29). The first-order valence-corrected chi connectivity index (χ1v) is 11.0. The Balaban J connectivity index is 1.57. The van der Waals surface area contributed by atoms with E-state index < -0.39 is 17.6 Å². The van der Waals surface area contributed by atoms with Crippen LogP contribution < -0.4 is 10.2 Å². The summed E-state index contributed by atoms with van der Waals surface area (Å²) in [7, 11) is 3.43. The highest BCUT2D eigenvalue weighted by atomic mass is 19.4. The number of anilines is 1. The molecule has 4 rings (SSSR count). The first kappa shape index (κ1) is 22.9. The molecule has 2 heterocycles. The molecule has 1 amide bonds. The van der Waals surface area contributed by atoms with Crippen molar-refractivity contribution >= 4 is 22.6 Å². The second-order valence-electron chi connectivity index (χ2n) is 8.69.